The lowest BCUT2D eigenvalue weighted by Gasteiger charge is -2.24. The Morgan fingerprint density at radius 2 is 2.12 bits per heavy atom. The molecule has 0 aromatic heterocycles. The summed E-state index contributed by atoms with van der Waals surface area (Å²) < 4.78 is 0. The third kappa shape index (κ3) is 4.84. The van der Waals surface area contributed by atoms with Gasteiger partial charge in [0, 0.05) is 12.6 Å². The summed E-state index contributed by atoms with van der Waals surface area (Å²) in [4.78, 5) is 2.69. The van der Waals surface area contributed by atoms with Crippen LogP contribution in [0.15, 0.2) is 0 Å². The second kappa shape index (κ2) is 8.08. The van der Waals surface area contributed by atoms with Crippen molar-refractivity contribution in [3.05, 3.63) is 0 Å². The molecule has 1 N–H and O–H groups in total. The van der Waals surface area contributed by atoms with Crippen molar-refractivity contribution in [1.82, 2.24) is 10.2 Å². The van der Waals surface area contributed by atoms with Gasteiger partial charge in [0.1, 0.15) is 0 Å². The molecule has 1 saturated heterocycles. The molecule has 2 unspecified atom stereocenters. The van der Waals surface area contributed by atoms with E-state index in [-0.39, 0.29) is 0 Å². The van der Waals surface area contributed by atoms with E-state index in [0.717, 1.165) is 12.0 Å². The van der Waals surface area contributed by atoms with Crippen LogP contribution in [0.3, 0.4) is 0 Å². The normalized spacial score (nSPS) is 23.8. The van der Waals surface area contributed by atoms with Crippen LogP contribution in [0.5, 0.6) is 0 Å². The van der Waals surface area contributed by atoms with Crippen molar-refractivity contribution < 1.29 is 0 Å². The number of likely N-dealkylation sites (tertiary alicyclic amines) is 1. The SMILES string of the molecule is CCCCCCC(C)N1CCC(CNC)C1. The van der Waals surface area contributed by atoms with Gasteiger partial charge in [0.25, 0.3) is 0 Å². The number of rotatable bonds is 8. The minimum Gasteiger partial charge on any atom is -0.319 e. The van der Waals surface area contributed by atoms with E-state index in [4.69, 9.17) is 0 Å². The number of unbranched alkanes of at least 4 members (excludes halogenated alkanes) is 3. The quantitative estimate of drug-likeness (QED) is 0.640. The summed E-state index contributed by atoms with van der Waals surface area (Å²) in [6.45, 7) is 8.52. The number of hydrogen-bond acceptors (Lipinski definition) is 2. The standard InChI is InChI=1S/C14H30N2/c1-4-5-6-7-8-13(2)16-10-9-14(12-16)11-15-3/h13-15H,4-12H2,1-3H3. The van der Waals surface area contributed by atoms with Crippen molar-refractivity contribution in [2.75, 3.05) is 26.7 Å². The Morgan fingerprint density at radius 3 is 2.81 bits per heavy atom. The highest BCUT2D eigenvalue weighted by Gasteiger charge is 2.24. The largest absolute Gasteiger partial charge is 0.319 e. The smallest absolute Gasteiger partial charge is 0.00670 e. The van der Waals surface area contributed by atoms with Gasteiger partial charge in [0.15, 0.2) is 0 Å². The zero-order chi connectivity index (χ0) is 11.8. The summed E-state index contributed by atoms with van der Waals surface area (Å²) in [5, 5.41) is 3.30. The summed E-state index contributed by atoms with van der Waals surface area (Å²) in [6.07, 6.45) is 8.39. The van der Waals surface area contributed by atoms with Gasteiger partial charge in [-0.3, -0.25) is 0 Å². The molecule has 1 fully saturated rings. The molecular weight excluding hydrogens is 196 g/mol. The molecule has 2 heteroatoms. The molecule has 96 valence electrons. The molecule has 0 saturated carbocycles. The van der Waals surface area contributed by atoms with E-state index in [1.165, 1.54) is 58.2 Å². The molecule has 1 rings (SSSR count). The van der Waals surface area contributed by atoms with Crippen LogP contribution in [0.1, 0.15) is 52.4 Å². The lowest BCUT2D eigenvalue weighted by atomic mass is 10.1. The molecule has 0 aromatic rings. The van der Waals surface area contributed by atoms with Gasteiger partial charge in [0.05, 0.1) is 0 Å². The van der Waals surface area contributed by atoms with Crippen LogP contribution in [-0.2, 0) is 0 Å². The summed E-state index contributed by atoms with van der Waals surface area (Å²) >= 11 is 0. The van der Waals surface area contributed by atoms with Gasteiger partial charge < -0.3 is 10.2 Å². The van der Waals surface area contributed by atoms with E-state index in [2.05, 4.69) is 31.1 Å². The van der Waals surface area contributed by atoms with E-state index in [1.807, 2.05) is 0 Å². The van der Waals surface area contributed by atoms with Gasteiger partial charge in [-0.2, -0.15) is 0 Å². The van der Waals surface area contributed by atoms with Crippen molar-refractivity contribution in [3.8, 4) is 0 Å². The summed E-state index contributed by atoms with van der Waals surface area (Å²) in [5.41, 5.74) is 0. The minimum atomic E-state index is 0.804. The monoisotopic (exact) mass is 226 g/mol. The van der Waals surface area contributed by atoms with Crippen molar-refractivity contribution in [1.29, 1.82) is 0 Å². The maximum atomic E-state index is 3.30. The van der Waals surface area contributed by atoms with Gasteiger partial charge in [-0.1, -0.05) is 32.6 Å². The summed E-state index contributed by atoms with van der Waals surface area (Å²) in [5.74, 6) is 0.892. The lowest BCUT2D eigenvalue weighted by molar-refractivity contribution is 0.233. The van der Waals surface area contributed by atoms with E-state index >= 15 is 0 Å². The Balaban J connectivity index is 2.10. The maximum absolute atomic E-state index is 3.30. The van der Waals surface area contributed by atoms with Crippen LogP contribution in [0, 0.1) is 5.92 Å². The molecule has 2 atom stereocenters. The first-order valence-electron chi connectivity index (χ1n) is 7.16. The molecular formula is C14H30N2. The van der Waals surface area contributed by atoms with Gasteiger partial charge in [-0.05, 0) is 45.8 Å². The van der Waals surface area contributed by atoms with Crippen LogP contribution in [0.25, 0.3) is 0 Å². The van der Waals surface area contributed by atoms with Crippen molar-refractivity contribution in [2.45, 2.75) is 58.4 Å². The van der Waals surface area contributed by atoms with Gasteiger partial charge in [0.2, 0.25) is 0 Å². The van der Waals surface area contributed by atoms with Crippen molar-refractivity contribution >= 4 is 0 Å². The number of nitrogens with one attached hydrogen (secondary N) is 1. The zero-order valence-electron chi connectivity index (χ0n) is 11.5. The molecule has 16 heavy (non-hydrogen) atoms. The third-order valence-corrected chi connectivity index (χ3v) is 3.91. The van der Waals surface area contributed by atoms with Crippen LogP contribution < -0.4 is 5.32 Å². The number of nitrogens with zero attached hydrogens (tertiary/aromatic N) is 1. The Kier molecular flexibility index (Phi) is 7.06. The molecule has 0 spiro atoms. The Hall–Kier alpha value is -0.0800. The highest BCUT2D eigenvalue weighted by Crippen LogP contribution is 2.20. The molecule has 1 heterocycles. The van der Waals surface area contributed by atoms with Crippen LogP contribution >= 0.6 is 0 Å². The van der Waals surface area contributed by atoms with E-state index in [9.17, 15) is 0 Å². The Bertz CT molecular complexity index is 170. The first kappa shape index (κ1) is 14.0. The molecule has 1 aliphatic rings. The fraction of sp³-hybridized carbons (Fsp3) is 1.00. The topological polar surface area (TPSA) is 15.3 Å². The predicted octanol–water partition coefficient (Wildman–Crippen LogP) is 2.89. The first-order chi connectivity index (χ1) is 7.77. The van der Waals surface area contributed by atoms with Crippen molar-refractivity contribution in [3.63, 3.8) is 0 Å². The van der Waals surface area contributed by atoms with E-state index in [0.29, 0.717) is 0 Å². The van der Waals surface area contributed by atoms with Crippen molar-refractivity contribution in [2.24, 2.45) is 5.92 Å². The molecule has 0 amide bonds. The molecule has 0 bridgehead atoms. The minimum absolute atomic E-state index is 0.804. The zero-order valence-corrected chi connectivity index (χ0v) is 11.5. The third-order valence-electron chi connectivity index (χ3n) is 3.91. The molecule has 0 radical (unpaired) electrons. The average Bonchev–Trinajstić information content (AvgIpc) is 2.73. The highest BCUT2D eigenvalue weighted by molar-refractivity contribution is 4.80. The van der Waals surface area contributed by atoms with Crippen LogP contribution in [-0.4, -0.2) is 37.6 Å². The Labute approximate surface area is 102 Å². The van der Waals surface area contributed by atoms with Crippen LogP contribution in [0.2, 0.25) is 0 Å². The van der Waals surface area contributed by atoms with Gasteiger partial charge in [-0.25, -0.2) is 0 Å². The molecule has 0 aliphatic carbocycles. The fourth-order valence-corrected chi connectivity index (χ4v) is 2.77. The second-order valence-corrected chi connectivity index (χ2v) is 5.41. The predicted molar refractivity (Wildman–Crippen MR) is 71.8 cm³/mol. The molecule has 2 nitrogen and oxygen atoms in total. The average molecular weight is 226 g/mol. The molecule has 0 aromatic carbocycles. The second-order valence-electron chi connectivity index (χ2n) is 5.41. The van der Waals surface area contributed by atoms with Gasteiger partial charge in [-0.15, -0.1) is 0 Å². The maximum Gasteiger partial charge on any atom is 0.00670 e. The van der Waals surface area contributed by atoms with Crippen LogP contribution in [0.4, 0.5) is 0 Å². The first-order valence-corrected chi connectivity index (χ1v) is 7.16. The van der Waals surface area contributed by atoms with Gasteiger partial charge >= 0.3 is 0 Å². The number of hydrogen-bond donors (Lipinski definition) is 1. The summed E-state index contributed by atoms with van der Waals surface area (Å²) in [6, 6.07) is 0.804. The Morgan fingerprint density at radius 1 is 1.31 bits per heavy atom. The summed E-state index contributed by atoms with van der Waals surface area (Å²) in [7, 11) is 2.07. The fourth-order valence-electron chi connectivity index (χ4n) is 2.77. The highest BCUT2D eigenvalue weighted by atomic mass is 15.2. The van der Waals surface area contributed by atoms with E-state index < -0.39 is 0 Å². The van der Waals surface area contributed by atoms with E-state index in [1.54, 1.807) is 0 Å². The lowest BCUT2D eigenvalue weighted by Crippen LogP contribution is -2.32. The molecule has 1 aliphatic heterocycles.